The summed E-state index contributed by atoms with van der Waals surface area (Å²) in [7, 11) is 1.64. The molecule has 1 fully saturated rings. The van der Waals surface area contributed by atoms with Crippen LogP contribution >= 0.6 is 0 Å². The van der Waals surface area contributed by atoms with Crippen molar-refractivity contribution in [3.63, 3.8) is 0 Å². The first-order valence-corrected chi connectivity index (χ1v) is 8.93. The molecule has 3 heterocycles. The van der Waals surface area contributed by atoms with Gasteiger partial charge in [-0.05, 0) is 29.8 Å². The number of hydrogen-bond donors (Lipinski definition) is 1. The molecule has 1 aromatic carbocycles. The molecule has 2 atom stereocenters. The van der Waals surface area contributed by atoms with Crippen molar-refractivity contribution in [1.82, 2.24) is 14.9 Å². The van der Waals surface area contributed by atoms with Gasteiger partial charge in [0.05, 0.1) is 18.7 Å². The second kappa shape index (κ2) is 7.32. The van der Waals surface area contributed by atoms with Gasteiger partial charge in [0.2, 0.25) is 0 Å². The molecule has 1 aliphatic rings. The second-order valence-corrected chi connectivity index (χ2v) is 6.86. The quantitative estimate of drug-likeness (QED) is 0.751. The van der Waals surface area contributed by atoms with Crippen LogP contribution in [-0.2, 0) is 11.3 Å². The van der Waals surface area contributed by atoms with E-state index in [2.05, 4.69) is 9.88 Å². The fourth-order valence-electron chi connectivity index (χ4n) is 3.86. The van der Waals surface area contributed by atoms with Crippen molar-refractivity contribution in [3.05, 3.63) is 66.1 Å². The first-order chi connectivity index (χ1) is 13.2. The maximum atomic E-state index is 11.8. The van der Waals surface area contributed by atoms with Crippen LogP contribution in [0.2, 0.25) is 0 Å². The molecule has 1 N–H and O–H groups in total. The van der Waals surface area contributed by atoms with E-state index in [-0.39, 0.29) is 5.92 Å². The summed E-state index contributed by atoms with van der Waals surface area (Å²) in [5, 5.41) is 10.7. The summed E-state index contributed by atoms with van der Waals surface area (Å²) in [4.78, 5) is 22.7. The van der Waals surface area contributed by atoms with Gasteiger partial charge in [-0.25, -0.2) is 4.98 Å². The number of rotatable bonds is 5. The fraction of sp³-hybridized carbons (Fsp3) is 0.286. The Morgan fingerprint density at radius 1 is 1.19 bits per heavy atom. The van der Waals surface area contributed by atoms with Crippen molar-refractivity contribution in [2.24, 2.45) is 5.92 Å². The molecule has 0 bridgehead atoms. The number of nitrogens with zero attached hydrogens (tertiary/aromatic N) is 3. The molecular formula is C21H21N3O3. The molecule has 1 saturated heterocycles. The van der Waals surface area contributed by atoms with E-state index in [1.807, 2.05) is 42.5 Å². The van der Waals surface area contributed by atoms with Crippen LogP contribution in [0.4, 0.5) is 0 Å². The summed E-state index contributed by atoms with van der Waals surface area (Å²) in [5.41, 5.74) is 2.76. The highest BCUT2D eigenvalue weighted by Crippen LogP contribution is 2.33. The molecule has 6 heteroatoms. The third-order valence-corrected chi connectivity index (χ3v) is 5.19. The predicted octanol–water partition coefficient (Wildman–Crippen LogP) is 2.94. The van der Waals surface area contributed by atoms with E-state index >= 15 is 0 Å². The number of carbonyl (C=O) groups is 1. The smallest absolute Gasteiger partial charge is 0.308 e. The Morgan fingerprint density at radius 3 is 2.74 bits per heavy atom. The van der Waals surface area contributed by atoms with Crippen LogP contribution in [0.5, 0.6) is 5.75 Å². The van der Waals surface area contributed by atoms with Crippen LogP contribution in [0.1, 0.15) is 17.2 Å². The molecule has 0 amide bonds. The average Bonchev–Trinajstić information content (AvgIpc) is 3.12. The van der Waals surface area contributed by atoms with E-state index in [1.165, 1.54) is 0 Å². The average molecular weight is 363 g/mol. The van der Waals surface area contributed by atoms with Crippen LogP contribution < -0.4 is 4.74 Å². The molecule has 0 radical (unpaired) electrons. The van der Waals surface area contributed by atoms with Crippen molar-refractivity contribution < 1.29 is 14.6 Å². The molecule has 0 aliphatic carbocycles. The molecule has 4 rings (SSSR count). The molecule has 1 aliphatic heterocycles. The van der Waals surface area contributed by atoms with Gasteiger partial charge in [0.1, 0.15) is 11.3 Å². The first kappa shape index (κ1) is 17.4. The highest BCUT2D eigenvalue weighted by atomic mass is 16.5. The van der Waals surface area contributed by atoms with Crippen LogP contribution in [0.25, 0.3) is 10.9 Å². The Balaban J connectivity index is 1.58. The summed E-state index contributed by atoms with van der Waals surface area (Å²) in [6.07, 6.45) is 3.43. The number of likely N-dealkylation sites (tertiary alicyclic amines) is 1. The van der Waals surface area contributed by atoms with E-state index in [9.17, 15) is 9.90 Å². The number of methoxy groups -OCH3 is 1. The lowest BCUT2D eigenvalue weighted by Crippen LogP contribution is -2.23. The Morgan fingerprint density at radius 2 is 2.00 bits per heavy atom. The molecule has 0 spiro atoms. The number of aliphatic carboxylic acids is 1. The van der Waals surface area contributed by atoms with Gasteiger partial charge in [-0.3, -0.25) is 14.7 Å². The Kier molecular flexibility index (Phi) is 4.73. The number of ether oxygens (including phenoxy) is 1. The van der Waals surface area contributed by atoms with Crippen molar-refractivity contribution in [2.75, 3.05) is 20.2 Å². The summed E-state index contributed by atoms with van der Waals surface area (Å²) in [5.74, 6) is -0.482. The van der Waals surface area contributed by atoms with Crippen molar-refractivity contribution in [2.45, 2.75) is 12.5 Å². The van der Waals surface area contributed by atoms with Gasteiger partial charge >= 0.3 is 5.97 Å². The van der Waals surface area contributed by atoms with E-state index in [1.54, 1.807) is 19.5 Å². The maximum Gasteiger partial charge on any atom is 0.308 e. The first-order valence-electron chi connectivity index (χ1n) is 8.93. The van der Waals surface area contributed by atoms with E-state index in [0.717, 1.165) is 27.9 Å². The monoisotopic (exact) mass is 363 g/mol. The number of fused-ring (bicyclic) bond motifs is 1. The van der Waals surface area contributed by atoms with Gasteiger partial charge in [0, 0.05) is 43.3 Å². The fourth-order valence-corrected chi connectivity index (χ4v) is 3.86. The van der Waals surface area contributed by atoms with Gasteiger partial charge in [-0.1, -0.05) is 18.2 Å². The Bertz CT molecular complexity index is 961. The highest BCUT2D eigenvalue weighted by Gasteiger charge is 2.38. The highest BCUT2D eigenvalue weighted by molar-refractivity contribution is 5.84. The van der Waals surface area contributed by atoms with Gasteiger partial charge < -0.3 is 9.84 Å². The number of carboxylic acids is 1. The van der Waals surface area contributed by atoms with Crippen LogP contribution in [0, 0.1) is 5.92 Å². The van der Waals surface area contributed by atoms with Gasteiger partial charge in [-0.2, -0.15) is 0 Å². The molecule has 27 heavy (non-hydrogen) atoms. The zero-order chi connectivity index (χ0) is 18.8. The van der Waals surface area contributed by atoms with E-state index < -0.39 is 11.9 Å². The molecule has 3 aromatic rings. The zero-order valence-electron chi connectivity index (χ0n) is 15.1. The van der Waals surface area contributed by atoms with Crippen molar-refractivity contribution in [3.8, 4) is 5.75 Å². The minimum Gasteiger partial charge on any atom is -0.494 e. The maximum absolute atomic E-state index is 11.8. The Labute approximate surface area is 157 Å². The third kappa shape index (κ3) is 3.48. The van der Waals surface area contributed by atoms with Gasteiger partial charge in [-0.15, -0.1) is 0 Å². The molecule has 0 unspecified atom stereocenters. The molecular weight excluding hydrogens is 342 g/mol. The normalized spacial score (nSPS) is 20.0. The number of pyridine rings is 2. The summed E-state index contributed by atoms with van der Waals surface area (Å²) >= 11 is 0. The topological polar surface area (TPSA) is 75.5 Å². The lowest BCUT2D eigenvalue weighted by molar-refractivity contribution is -0.141. The van der Waals surface area contributed by atoms with E-state index in [0.29, 0.717) is 19.6 Å². The molecule has 6 nitrogen and oxygen atoms in total. The van der Waals surface area contributed by atoms with Crippen molar-refractivity contribution >= 4 is 16.9 Å². The molecule has 2 aromatic heterocycles. The van der Waals surface area contributed by atoms with E-state index in [4.69, 9.17) is 9.72 Å². The molecule has 0 saturated carbocycles. The van der Waals surface area contributed by atoms with Crippen LogP contribution in [-0.4, -0.2) is 46.1 Å². The summed E-state index contributed by atoms with van der Waals surface area (Å²) < 4.78 is 5.42. The number of carboxylic acid groups (broad SMARTS) is 1. The number of benzene rings is 1. The van der Waals surface area contributed by atoms with Gasteiger partial charge in [0.15, 0.2) is 0 Å². The van der Waals surface area contributed by atoms with Crippen molar-refractivity contribution in [1.29, 1.82) is 0 Å². The minimum atomic E-state index is -0.757. The zero-order valence-corrected chi connectivity index (χ0v) is 15.1. The summed E-state index contributed by atoms with van der Waals surface area (Å²) in [6.45, 7) is 1.81. The third-order valence-electron chi connectivity index (χ3n) is 5.19. The number of aromatic nitrogens is 2. The Hall–Kier alpha value is -2.99. The predicted molar refractivity (Wildman–Crippen MR) is 102 cm³/mol. The molecule has 138 valence electrons. The lowest BCUT2D eigenvalue weighted by Gasteiger charge is -2.16. The largest absolute Gasteiger partial charge is 0.494 e. The second-order valence-electron chi connectivity index (χ2n) is 6.86. The standard InChI is InChI=1S/C21H21N3O3/c1-27-19-4-2-3-15-5-6-16(23-20(15)19)11-24-12-17(18(13-24)21(25)26)14-7-9-22-10-8-14/h2-10,17-18H,11-13H2,1H3,(H,25,26)/t17-,18+/m1/s1. The summed E-state index contributed by atoms with van der Waals surface area (Å²) in [6, 6.07) is 13.7. The van der Waals surface area contributed by atoms with Crippen LogP contribution in [0.3, 0.4) is 0 Å². The van der Waals surface area contributed by atoms with Gasteiger partial charge in [0.25, 0.3) is 0 Å². The SMILES string of the molecule is COc1cccc2ccc(CN3C[C@H](C(=O)O)[C@@H](c4ccncc4)C3)nc12. The number of hydrogen-bond acceptors (Lipinski definition) is 5. The number of para-hydroxylation sites is 1. The van der Waals surface area contributed by atoms with Crippen LogP contribution in [0.15, 0.2) is 54.9 Å². The minimum absolute atomic E-state index is 0.0412. The lowest BCUT2D eigenvalue weighted by atomic mass is 9.90.